The van der Waals surface area contributed by atoms with Gasteiger partial charge in [-0.1, -0.05) is 13.8 Å². The van der Waals surface area contributed by atoms with Crippen molar-refractivity contribution in [2.24, 2.45) is 11.7 Å². The summed E-state index contributed by atoms with van der Waals surface area (Å²) in [6, 6.07) is -0.217. The standard InChI is InChI=1S/C10H20N2O2/c1-7(2)4-8(3)12-9(6-13)5-10(11)14/h6-9,12H,4-5H2,1-3H3,(H2,11,14)/t8?,9-/m1/s1. The lowest BCUT2D eigenvalue weighted by molar-refractivity contribution is -0.121. The molecule has 14 heavy (non-hydrogen) atoms. The number of nitrogens with one attached hydrogen (secondary N) is 1. The van der Waals surface area contributed by atoms with E-state index in [-0.39, 0.29) is 12.5 Å². The van der Waals surface area contributed by atoms with Crippen molar-refractivity contribution in [3.05, 3.63) is 0 Å². The third kappa shape index (κ3) is 6.60. The molecule has 0 spiro atoms. The quantitative estimate of drug-likeness (QED) is 0.586. The number of primary amides is 1. The van der Waals surface area contributed by atoms with E-state index in [0.29, 0.717) is 5.92 Å². The number of hydrogen-bond acceptors (Lipinski definition) is 3. The van der Waals surface area contributed by atoms with Gasteiger partial charge in [-0.15, -0.1) is 0 Å². The van der Waals surface area contributed by atoms with Gasteiger partial charge >= 0.3 is 0 Å². The Kier molecular flexibility index (Phi) is 6.12. The summed E-state index contributed by atoms with van der Waals surface area (Å²) in [6.07, 6.45) is 1.79. The summed E-state index contributed by atoms with van der Waals surface area (Å²) in [5.41, 5.74) is 5.01. The maximum atomic E-state index is 10.6. The predicted molar refractivity (Wildman–Crippen MR) is 55.7 cm³/mol. The Bertz CT molecular complexity index is 193. The largest absolute Gasteiger partial charge is 0.370 e. The molecule has 4 heteroatoms. The minimum Gasteiger partial charge on any atom is -0.370 e. The molecular formula is C10H20N2O2. The van der Waals surface area contributed by atoms with Gasteiger partial charge in [0.1, 0.15) is 6.29 Å². The first-order chi connectivity index (χ1) is 6.45. The van der Waals surface area contributed by atoms with E-state index >= 15 is 0 Å². The van der Waals surface area contributed by atoms with Crippen molar-refractivity contribution in [1.82, 2.24) is 5.32 Å². The normalized spacial score (nSPS) is 15.1. The Balaban J connectivity index is 3.91. The third-order valence-corrected chi connectivity index (χ3v) is 1.91. The fourth-order valence-corrected chi connectivity index (χ4v) is 1.50. The summed E-state index contributed by atoms with van der Waals surface area (Å²) in [7, 11) is 0. The molecule has 0 aliphatic carbocycles. The first-order valence-corrected chi connectivity index (χ1v) is 4.95. The monoisotopic (exact) mass is 200 g/mol. The van der Waals surface area contributed by atoms with Gasteiger partial charge in [0.05, 0.1) is 6.04 Å². The van der Waals surface area contributed by atoms with Gasteiger partial charge in [0.2, 0.25) is 5.91 Å². The second-order valence-electron chi connectivity index (χ2n) is 4.11. The minimum atomic E-state index is -0.452. The Hall–Kier alpha value is -0.900. The van der Waals surface area contributed by atoms with Gasteiger partial charge in [-0.2, -0.15) is 0 Å². The van der Waals surface area contributed by atoms with Crippen LogP contribution in [0.2, 0.25) is 0 Å². The van der Waals surface area contributed by atoms with Crippen molar-refractivity contribution in [2.75, 3.05) is 0 Å². The fraction of sp³-hybridized carbons (Fsp3) is 0.800. The molecule has 0 aromatic carbocycles. The molecule has 0 saturated heterocycles. The molecule has 0 fully saturated rings. The second kappa shape index (κ2) is 6.54. The van der Waals surface area contributed by atoms with Gasteiger partial charge in [0, 0.05) is 12.5 Å². The molecule has 0 aliphatic rings. The maximum absolute atomic E-state index is 10.6. The number of aldehydes is 1. The van der Waals surface area contributed by atoms with Gasteiger partial charge in [0.25, 0.3) is 0 Å². The van der Waals surface area contributed by atoms with Gasteiger partial charge in [-0.3, -0.25) is 4.79 Å². The topological polar surface area (TPSA) is 72.2 Å². The maximum Gasteiger partial charge on any atom is 0.219 e. The van der Waals surface area contributed by atoms with E-state index in [9.17, 15) is 9.59 Å². The molecular weight excluding hydrogens is 180 g/mol. The average Bonchev–Trinajstić information content (AvgIpc) is 2.00. The minimum absolute atomic E-state index is 0.0753. The fourth-order valence-electron chi connectivity index (χ4n) is 1.50. The Labute approximate surface area is 85.2 Å². The second-order valence-corrected chi connectivity index (χ2v) is 4.11. The van der Waals surface area contributed by atoms with E-state index in [1.807, 2.05) is 6.92 Å². The zero-order valence-corrected chi connectivity index (χ0v) is 9.12. The molecule has 0 bridgehead atoms. The number of rotatable bonds is 7. The van der Waals surface area contributed by atoms with Gasteiger partial charge in [-0.05, 0) is 19.3 Å². The van der Waals surface area contributed by atoms with Crippen molar-refractivity contribution in [2.45, 2.75) is 45.7 Å². The summed E-state index contributed by atoms with van der Waals surface area (Å²) in [5, 5.41) is 3.06. The molecule has 4 nitrogen and oxygen atoms in total. The van der Waals surface area contributed by atoms with Crippen LogP contribution in [-0.4, -0.2) is 24.3 Å². The number of carbonyl (C=O) groups is 2. The van der Waals surface area contributed by atoms with Crippen LogP contribution in [-0.2, 0) is 9.59 Å². The lowest BCUT2D eigenvalue weighted by atomic mass is 10.0. The highest BCUT2D eigenvalue weighted by Crippen LogP contribution is 2.04. The molecule has 0 aromatic rings. The van der Waals surface area contributed by atoms with E-state index in [4.69, 9.17) is 5.73 Å². The highest BCUT2D eigenvalue weighted by Gasteiger charge is 2.14. The smallest absolute Gasteiger partial charge is 0.219 e. The number of hydrogen-bond donors (Lipinski definition) is 2. The van der Waals surface area contributed by atoms with E-state index in [2.05, 4.69) is 19.2 Å². The number of carbonyl (C=O) groups excluding carboxylic acids is 2. The highest BCUT2D eigenvalue weighted by molar-refractivity contribution is 5.78. The zero-order chi connectivity index (χ0) is 11.1. The van der Waals surface area contributed by atoms with Gasteiger partial charge in [0.15, 0.2) is 0 Å². The molecule has 3 N–H and O–H groups in total. The summed E-state index contributed by atoms with van der Waals surface area (Å²) < 4.78 is 0. The molecule has 0 radical (unpaired) electrons. The summed E-state index contributed by atoms with van der Waals surface area (Å²) in [5.74, 6) is 0.115. The van der Waals surface area contributed by atoms with Gasteiger partial charge in [-0.25, -0.2) is 0 Å². The number of amides is 1. The lowest BCUT2D eigenvalue weighted by Crippen LogP contribution is -2.40. The van der Waals surface area contributed by atoms with Crippen molar-refractivity contribution in [1.29, 1.82) is 0 Å². The molecule has 0 aromatic heterocycles. The molecule has 1 unspecified atom stereocenters. The Morgan fingerprint density at radius 3 is 2.36 bits per heavy atom. The van der Waals surface area contributed by atoms with Gasteiger partial charge < -0.3 is 15.8 Å². The van der Waals surface area contributed by atoms with Crippen molar-refractivity contribution >= 4 is 12.2 Å². The lowest BCUT2D eigenvalue weighted by Gasteiger charge is -2.19. The molecule has 2 atom stereocenters. The molecule has 0 rings (SSSR count). The number of nitrogens with two attached hydrogens (primary N) is 1. The van der Waals surface area contributed by atoms with E-state index in [1.165, 1.54) is 0 Å². The van der Waals surface area contributed by atoms with Crippen molar-refractivity contribution in [3.63, 3.8) is 0 Å². The predicted octanol–water partition coefficient (Wildman–Crippen LogP) is 0.454. The average molecular weight is 200 g/mol. The SMILES string of the molecule is CC(C)CC(C)N[C@@H](C=O)CC(N)=O. The van der Waals surface area contributed by atoms with Crippen molar-refractivity contribution in [3.8, 4) is 0 Å². The molecule has 82 valence electrons. The van der Waals surface area contributed by atoms with E-state index < -0.39 is 11.9 Å². The molecule has 0 aliphatic heterocycles. The Morgan fingerprint density at radius 1 is 1.43 bits per heavy atom. The molecule has 1 amide bonds. The van der Waals surface area contributed by atoms with E-state index in [0.717, 1.165) is 12.7 Å². The zero-order valence-electron chi connectivity index (χ0n) is 9.12. The Morgan fingerprint density at radius 2 is 2.00 bits per heavy atom. The van der Waals surface area contributed by atoms with Crippen LogP contribution in [0.3, 0.4) is 0 Å². The summed E-state index contributed by atoms with van der Waals surface area (Å²) in [6.45, 7) is 6.22. The first kappa shape index (κ1) is 13.1. The van der Waals surface area contributed by atoms with Crippen LogP contribution < -0.4 is 11.1 Å². The van der Waals surface area contributed by atoms with Crippen LogP contribution in [0.1, 0.15) is 33.6 Å². The summed E-state index contributed by atoms with van der Waals surface area (Å²) in [4.78, 5) is 21.2. The summed E-state index contributed by atoms with van der Waals surface area (Å²) >= 11 is 0. The highest BCUT2D eigenvalue weighted by atomic mass is 16.1. The van der Waals surface area contributed by atoms with Crippen LogP contribution >= 0.6 is 0 Å². The van der Waals surface area contributed by atoms with Crippen LogP contribution in [0.25, 0.3) is 0 Å². The van der Waals surface area contributed by atoms with Crippen LogP contribution in [0.15, 0.2) is 0 Å². The molecule has 0 heterocycles. The van der Waals surface area contributed by atoms with E-state index in [1.54, 1.807) is 0 Å². The van der Waals surface area contributed by atoms with Crippen LogP contribution in [0.5, 0.6) is 0 Å². The molecule has 0 saturated carbocycles. The third-order valence-electron chi connectivity index (χ3n) is 1.91. The van der Waals surface area contributed by atoms with Crippen LogP contribution in [0.4, 0.5) is 0 Å². The van der Waals surface area contributed by atoms with Crippen molar-refractivity contribution < 1.29 is 9.59 Å². The van der Waals surface area contributed by atoms with Crippen LogP contribution in [0, 0.1) is 5.92 Å². The first-order valence-electron chi connectivity index (χ1n) is 4.95.